The third-order valence-corrected chi connectivity index (χ3v) is 4.86. The van der Waals surface area contributed by atoms with Crippen LogP contribution >= 0.6 is 0 Å². The highest BCUT2D eigenvalue weighted by molar-refractivity contribution is 7.91. The first-order valence-electron chi connectivity index (χ1n) is 6.68. The van der Waals surface area contributed by atoms with Crippen LogP contribution in [0.1, 0.15) is 28.8 Å². The second-order valence-electron chi connectivity index (χ2n) is 5.08. The van der Waals surface area contributed by atoms with E-state index in [1.165, 1.54) is 18.2 Å². The number of hydrogen-bond donors (Lipinski definition) is 1. The molecule has 1 heterocycles. The van der Waals surface area contributed by atoms with Crippen LogP contribution in [0.5, 0.6) is 0 Å². The van der Waals surface area contributed by atoms with E-state index in [-0.39, 0.29) is 11.1 Å². The van der Waals surface area contributed by atoms with Crippen LogP contribution in [0.3, 0.4) is 0 Å². The Bertz CT molecular complexity index is 647. The van der Waals surface area contributed by atoms with Gasteiger partial charge in [-0.3, -0.25) is 4.79 Å². The van der Waals surface area contributed by atoms with Crippen LogP contribution in [0.25, 0.3) is 0 Å². The molecule has 0 radical (unpaired) electrons. The van der Waals surface area contributed by atoms with Gasteiger partial charge in [0.15, 0.2) is 9.84 Å². The summed E-state index contributed by atoms with van der Waals surface area (Å²) in [5.74, 6) is -2.58. The number of carboxylic acids is 1. The molecule has 0 saturated carbocycles. The van der Waals surface area contributed by atoms with Gasteiger partial charge in [-0.2, -0.15) is 0 Å². The molecule has 0 spiro atoms. The SMILES string of the molecule is O=C(O)c1ccccc1CS(=O)(=O)CC(=O)N1CCCC1. The normalized spacial score (nSPS) is 15.1. The number of hydrogen-bond acceptors (Lipinski definition) is 4. The number of carbonyl (C=O) groups excluding carboxylic acids is 1. The summed E-state index contributed by atoms with van der Waals surface area (Å²) in [6.45, 7) is 1.19. The molecule has 1 saturated heterocycles. The highest BCUT2D eigenvalue weighted by Crippen LogP contribution is 2.15. The third kappa shape index (κ3) is 4.04. The topological polar surface area (TPSA) is 91.7 Å². The van der Waals surface area contributed by atoms with Crippen LogP contribution in [-0.4, -0.2) is 49.1 Å². The lowest BCUT2D eigenvalue weighted by molar-refractivity contribution is -0.127. The molecule has 1 aliphatic heterocycles. The van der Waals surface area contributed by atoms with Crippen LogP contribution in [0.2, 0.25) is 0 Å². The first kappa shape index (κ1) is 15.5. The summed E-state index contributed by atoms with van der Waals surface area (Å²) in [5, 5.41) is 9.05. The molecule has 0 aliphatic carbocycles. The van der Waals surface area contributed by atoms with Gasteiger partial charge in [-0.05, 0) is 24.5 Å². The van der Waals surface area contributed by atoms with Crippen LogP contribution in [0.4, 0.5) is 0 Å². The van der Waals surface area contributed by atoms with Gasteiger partial charge in [0.05, 0.1) is 11.3 Å². The van der Waals surface area contributed by atoms with E-state index in [4.69, 9.17) is 5.11 Å². The molecule has 0 unspecified atom stereocenters. The molecule has 0 aromatic heterocycles. The Labute approximate surface area is 123 Å². The second-order valence-corrected chi connectivity index (χ2v) is 7.15. The molecule has 2 rings (SSSR count). The molecule has 0 bridgehead atoms. The Morgan fingerprint density at radius 1 is 1.14 bits per heavy atom. The van der Waals surface area contributed by atoms with Crippen molar-refractivity contribution in [2.75, 3.05) is 18.8 Å². The number of likely N-dealkylation sites (tertiary alicyclic amines) is 1. The van der Waals surface area contributed by atoms with Crippen molar-refractivity contribution in [2.45, 2.75) is 18.6 Å². The quantitative estimate of drug-likeness (QED) is 0.873. The molecule has 7 heteroatoms. The molecule has 21 heavy (non-hydrogen) atoms. The molecule has 1 aromatic rings. The Morgan fingerprint density at radius 3 is 2.38 bits per heavy atom. The maximum atomic E-state index is 12.1. The molecule has 6 nitrogen and oxygen atoms in total. The molecule has 1 aliphatic rings. The Hall–Kier alpha value is -1.89. The van der Waals surface area contributed by atoms with Crippen molar-refractivity contribution in [3.63, 3.8) is 0 Å². The highest BCUT2D eigenvalue weighted by atomic mass is 32.2. The minimum Gasteiger partial charge on any atom is -0.478 e. The average molecular weight is 311 g/mol. The summed E-state index contributed by atoms with van der Waals surface area (Å²) < 4.78 is 24.2. The lowest BCUT2D eigenvalue weighted by Gasteiger charge is -2.15. The Balaban J connectivity index is 2.10. The molecular weight excluding hydrogens is 294 g/mol. The lowest BCUT2D eigenvalue weighted by atomic mass is 10.1. The summed E-state index contributed by atoms with van der Waals surface area (Å²) in [7, 11) is -3.68. The van der Waals surface area contributed by atoms with E-state index in [9.17, 15) is 18.0 Å². The van der Waals surface area contributed by atoms with Gasteiger partial charge < -0.3 is 10.0 Å². The van der Waals surface area contributed by atoms with E-state index in [0.29, 0.717) is 13.1 Å². The van der Waals surface area contributed by atoms with Crippen LogP contribution in [-0.2, 0) is 20.4 Å². The number of benzene rings is 1. The Kier molecular flexibility index (Phi) is 4.62. The van der Waals surface area contributed by atoms with Crippen molar-refractivity contribution in [3.8, 4) is 0 Å². The predicted octanol–water partition coefficient (Wildman–Crippen LogP) is 0.922. The average Bonchev–Trinajstić information content (AvgIpc) is 2.91. The van der Waals surface area contributed by atoms with Crippen molar-refractivity contribution < 1.29 is 23.1 Å². The van der Waals surface area contributed by atoms with Gasteiger partial charge in [-0.25, -0.2) is 13.2 Å². The summed E-state index contributed by atoms with van der Waals surface area (Å²) in [4.78, 5) is 24.5. The van der Waals surface area contributed by atoms with E-state index in [1.54, 1.807) is 11.0 Å². The fourth-order valence-electron chi connectivity index (χ4n) is 2.39. The van der Waals surface area contributed by atoms with Gasteiger partial charge in [0.1, 0.15) is 5.75 Å². The monoisotopic (exact) mass is 311 g/mol. The first-order valence-corrected chi connectivity index (χ1v) is 8.50. The van der Waals surface area contributed by atoms with E-state index < -0.39 is 33.2 Å². The minimum atomic E-state index is -3.68. The molecule has 0 atom stereocenters. The number of nitrogens with zero attached hydrogens (tertiary/aromatic N) is 1. The summed E-state index contributed by atoms with van der Waals surface area (Å²) in [6.07, 6.45) is 1.79. The van der Waals surface area contributed by atoms with Gasteiger partial charge in [-0.1, -0.05) is 18.2 Å². The molecule has 1 fully saturated rings. The third-order valence-electron chi connectivity index (χ3n) is 3.43. The zero-order valence-electron chi connectivity index (χ0n) is 11.5. The zero-order chi connectivity index (χ0) is 15.5. The predicted molar refractivity (Wildman–Crippen MR) is 76.7 cm³/mol. The van der Waals surface area contributed by atoms with Crippen molar-refractivity contribution in [1.29, 1.82) is 0 Å². The first-order chi connectivity index (χ1) is 9.89. The highest BCUT2D eigenvalue weighted by Gasteiger charge is 2.25. The zero-order valence-corrected chi connectivity index (χ0v) is 12.3. The number of amides is 1. The smallest absolute Gasteiger partial charge is 0.335 e. The van der Waals surface area contributed by atoms with Crippen molar-refractivity contribution in [3.05, 3.63) is 35.4 Å². The van der Waals surface area contributed by atoms with Crippen LogP contribution in [0.15, 0.2) is 24.3 Å². The molecule has 114 valence electrons. The van der Waals surface area contributed by atoms with E-state index in [0.717, 1.165) is 12.8 Å². The van der Waals surface area contributed by atoms with Crippen molar-refractivity contribution in [2.24, 2.45) is 0 Å². The number of carbonyl (C=O) groups is 2. The molecular formula is C14H17NO5S. The van der Waals surface area contributed by atoms with E-state index in [2.05, 4.69) is 0 Å². The number of sulfone groups is 1. The fraction of sp³-hybridized carbons (Fsp3) is 0.429. The van der Waals surface area contributed by atoms with E-state index >= 15 is 0 Å². The lowest BCUT2D eigenvalue weighted by Crippen LogP contribution is -2.33. The van der Waals surface area contributed by atoms with Gasteiger partial charge in [-0.15, -0.1) is 0 Å². The minimum absolute atomic E-state index is 0.0466. The number of aromatic carboxylic acids is 1. The Morgan fingerprint density at radius 2 is 1.76 bits per heavy atom. The van der Waals surface area contributed by atoms with Gasteiger partial charge >= 0.3 is 5.97 Å². The molecule has 1 N–H and O–H groups in total. The summed E-state index contributed by atoms with van der Waals surface area (Å²) >= 11 is 0. The van der Waals surface area contributed by atoms with Crippen LogP contribution in [0, 0.1) is 0 Å². The van der Waals surface area contributed by atoms with Gasteiger partial charge in [0.2, 0.25) is 5.91 Å². The second kappa shape index (κ2) is 6.26. The standard InChI is InChI=1S/C14H17NO5S/c16-13(15-7-3-4-8-15)10-21(19,20)9-11-5-1-2-6-12(11)14(17)18/h1-2,5-6H,3-4,7-10H2,(H,17,18). The molecule has 1 amide bonds. The summed E-state index contributed by atoms with van der Waals surface area (Å²) in [6, 6.07) is 5.94. The van der Waals surface area contributed by atoms with Gasteiger partial charge in [0, 0.05) is 13.1 Å². The van der Waals surface area contributed by atoms with Crippen molar-refractivity contribution in [1.82, 2.24) is 4.90 Å². The van der Waals surface area contributed by atoms with Gasteiger partial charge in [0.25, 0.3) is 0 Å². The largest absolute Gasteiger partial charge is 0.478 e. The van der Waals surface area contributed by atoms with Crippen LogP contribution < -0.4 is 0 Å². The number of carboxylic acid groups (broad SMARTS) is 1. The van der Waals surface area contributed by atoms with Crippen molar-refractivity contribution >= 4 is 21.7 Å². The fourth-order valence-corrected chi connectivity index (χ4v) is 3.78. The number of rotatable bonds is 5. The maximum Gasteiger partial charge on any atom is 0.335 e. The maximum absolute atomic E-state index is 12.1. The molecule has 1 aromatic carbocycles. The summed E-state index contributed by atoms with van der Waals surface area (Å²) in [5.41, 5.74) is 0.161. The van der Waals surface area contributed by atoms with E-state index in [1.807, 2.05) is 0 Å².